The Morgan fingerprint density at radius 3 is 3.15 bits per heavy atom. The van der Waals surface area contributed by atoms with Gasteiger partial charge in [-0.05, 0) is 13.3 Å². The van der Waals surface area contributed by atoms with Crippen LogP contribution in [0.25, 0.3) is 0 Å². The van der Waals surface area contributed by atoms with E-state index in [0.29, 0.717) is 0 Å². The predicted octanol–water partition coefficient (Wildman–Crippen LogP) is 0.550. The van der Waals surface area contributed by atoms with Gasteiger partial charge >= 0.3 is 0 Å². The SMILES string of the molecule is Cc1ocnc1CN1CC[C@H](O)C1. The van der Waals surface area contributed by atoms with Crippen molar-refractivity contribution in [1.29, 1.82) is 0 Å². The van der Waals surface area contributed by atoms with Crippen LogP contribution in [0, 0.1) is 6.92 Å². The summed E-state index contributed by atoms with van der Waals surface area (Å²) in [5.41, 5.74) is 0.981. The van der Waals surface area contributed by atoms with Crippen LogP contribution in [-0.2, 0) is 6.54 Å². The van der Waals surface area contributed by atoms with E-state index in [0.717, 1.165) is 37.5 Å². The van der Waals surface area contributed by atoms with Crippen molar-refractivity contribution < 1.29 is 9.52 Å². The molecule has 0 amide bonds. The maximum Gasteiger partial charge on any atom is 0.181 e. The Kier molecular flexibility index (Phi) is 2.33. The zero-order valence-electron chi connectivity index (χ0n) is 7.73. The summed E-state index contributed by atoms with van der Waals surface area (Å²) < 4.78 is 5.10. The zero-order valence-corrected chi connectivity index (χ0v) is 7.73. The van der Waals surface area contributed by atoms with Gasteiger partial charge in [0.2, 0.25) is 0 Å². The summed E-state index contributed by atoms with van der Waals surface area (Å²) >= 11 is 0. The fourth-order valence-electron chi connectivity index (χ4n) is 1.65. The third-order valence-corrected chi connectivity index (χ3v) is 2.47. The van der Waals surface area contributed by atoms with Crippen molar-refractivity contribution in [3.8, 4) is 0 Å². The zero-order chi connectivity index (χ0) is 9.26. The second-order valence-corrected chi connectivity index (χ2v) is 3.53. The molecule has 2 rings (SSSR count). The maximum atomic E-state index is 9.31. The van der Waals surface area contributed by atoms with E-state index in [1.807, 2.05) is 6.92 Å². The molecule has 13 heavy (non-hydrogen) atoms. The van der Waals surface area contributed by atoms with Gasteiger partial charge in [-0.2, -0.15) is 0 Å². The molecule has 0 unspecified atom stereocenters. The van der Waals surface area contributed by atoms with Crippen LogP contribution in [0.2, 0.25) is 0 Å². The van der Waals surface area contributed by atoms with Crippen molar-refractivity contribution in [2.75, 3.05) is 13.1 Å². The molecule has 0 aromatic carbocycles. The lowest BCUT2D eigenvalue weighted by molar-refractivity contribution is 0.174. The van der Waals surface area contributed by atoms with Crippen LogP contribution >= 0.6 is 0 Å². The molecule has 72 valence electrons. The minimum absolute atomic E-state index is 0.160. The third kappa shape index (κ3) is 1.89. The molecule has 0 aliphatic carbocycles. The Morgan fingerprint density at radius 2 is 2.62 bits per heavy atom. The summed E-state index contributed by atoms with van der Waals surface area (Å²) in [6.07, 6.45) is 2.18. The Morgan fingerprint density at radius 1 is 1.77 bits per heavy atom. The van der Waals surface area contributed by atoms with E-state index in [1.165, 1.54) is 6.39 Å². The number of rotatable bonds is 2. The van der Waals surface area contributed by atoms with E-state index in [1.54, 1.807) is 0 Å². The van der Waals surface area contributed by atoms with Crippen LogP contribution in [0.1, 0.15) is 17.9 Å². The predicted molar refractivity (Wildman–Crippen MR) is 47.1 cm³/mol. The van der Waals surface area contributed by atoms with E-state index in [-0.39, 0.29) is 6.10 Å². The first kappa shape index (κ1) is 8.72. The lowest BCUT2D eigenvalue weighted by atomic mass is 10.3. The van der Waals surface area contributed by atoms with Crippen molar-refractivity contribution >= 4 is 0 Å². The number of likely N-dealkylation sites (tertiary alicyclic amines) is 1. The second kappa shape index (κ2) is 3.47. The summed E-state index contributed by atoms with van der Waals surface area (Å²) in [6.45, 7) is 4.41. The second-order valence-electron chi connectivity index (χ2n) is 3.53. The molecule has 0 spiro atoms. The molecule has 1 aromatic rings. The van der Waals surface area contributed by atoms with Crippen LogP contribution in [0.3, 0.4) is 0 Å². The maximum absolute atomic E-state index is 9.31. The molecule has 1 aromatic heterocycles. The van der Waals surface area contributed by atoms with Crippen molar-refractivity contribution in [2.24, 2.45) is 0 Å². The highest BCUT2D eigenvalue weighted by molar-refractivity contribution is 5.04. The van der Waals surface area contributed by atoms with Crippen LogP contribution in [-0.4, -0.2) is 34.2 Å². The number of hydrogen-bond donors (Lipinski definition) is 1. The minimum atomic E-state index is -0.160. The van der Waals surface area contributed by atoms with Gasteiger partial charge in [0.25, 0.3) is 0 Å². The number of β-amino-alcohol motifs (C(OH)–C–C–N with tert-alkyl or cyclic N) is 1. The Labute approximate surface area is 77.2 Å². The van der Waals surface area contributed by atoms with Gasteiger partial charge in [-0.3, -0.25) is 4.90 Å². The van der Waals surface area contributed by atoms with Crippen molar-refractivity contribution in [3.63, 3.8) is 0 Å². The van der Waals surface area contributed by atoms with Gasteiger partial charge < -0.3 is 9.52 Å². The summed E-state index contributed by atoms with van der Waals surface area (Å²) in [4.78, 5) is 6.30. The minimum Gasteiger partial charge on any atom is -0.448 e. The molecule has 1 atom stereocenters. The summed E-state index contributed by atoms with van der Waals surface area (Å²) in [5.74, 6) is 0.876. The van der Waals surface area contributed by atoms with Crippen molar-refractivity contribution in [2.45, 2.75) is 26.0 Å². The molecule has 4 nitrogen and oxygen atoms in total. The van der Waals surface area contributed by atoms with Gasteiger partial charge in [0.1, 0.15) is 5.76 Å². The average molecular weight is 182 g/mol. The van der Waals surface area contributed by atoms with Crippen LogP contribution < -0.4 is 0 Å². The molecule has 1 aliphatic rings. The standard InChI is InChI=1S/C9H14N2O2/c1-7-9(10-6-13-7)5-11-3-2-8(12)4-11/h6,8,12H,2-5H2,1H3/t8-/m0/s1. The number of hydrogen-bond acceptors (Lipinski definition) is 4. The number of oxazole rings is 1. The molecule has 0 bridgehead atoms. The molecule has 1 fully saturated rings. The fourth-order valence-corrected chi connectivity index (χ4v) is 1.65. The van der Waals surface area contributed by atoms with Crippen molar-refractivity contribution in [3.05, 3.63) is 17.8 Å². The number of aromatic nitrogens is 1. The first-order valence-corrected chi connectivity index (χ1v) is 4.55. The largest absolute Gasteiger partial charge is 0.448 e. The van der Waals surface area contributed by atoms with E-state index >= 15 is 0 Å². The number of aliphatic hydroxyl groups is 1. The van der Waals surface area contributed by atoms with Gasteiger partial charge in [0.15, 0.2) is 6.39 Å². The normalized spacial score (nSPS) is 24.0. The molecule has 2 heterocycles. The van der Waals surface area contributed by atoms with E-state index in [4.69, 9.17) is 4.42 Å². The van der Waals surface area contributed by atoms with E-state index in [9.17, 15) is 5.11 Å². The summed E-state index contributed by atoms with van der Waals surface area (Å²) in [5, 5.41) is 9.31. The lowest BCUT2D eigenvalue weighted by Crippen LogP contribution is -2.21. The first-order valence-electron chi connectivity index (χ1n) is 4.55. The monoisotopic (exact) mass is 182 g/mol. The van der Waals surface area contributed by atoms with Gasteiger partial charge in [-0.25, -0.2) is 4.98 Å². The fraction of sp³-hybridized carbons (Fsp3) is 0.667. The number of aryl methyl sites for hydroxylation is 1. The van der Waals surface area contributed by atoms with Crippen LogP contribution in [0.4, 0.5) is 0 Å². The molecule has 0 saturated carbocycles. The average Bonchev–Trinajstić information content (AvgIpc) is 2.64. The Bertz CT molecular complexity index is 285. The smallest absolute Gasteiger partial charge is 0.181 e. The molecule has 1 saturated heterocycles. The van der Waals surface area contributed by atoms with E-state index in [2.05, 4.69) is 9.88 Å². The number of aliphatic hydroxyl groups excluding tert-OH is 1. The Balaban J connectivity index is 1.95. The van der Waals surface area contributed by atoms with E-state index < -0.39 is 0 Å². The first-order chi connectivity index (χ1) is 6.25. The molecule has 1 N–H and O–H groups in total. The van der Waals surface area contributed by atoms with Crippen LogP contribution in [0.5, 0.6) is 0 Å². The molecule has 0 radical (unpaired) electrons. The summed E-state index contributed by atoms with van der Waals surface area (Å²) in [6, 6.07) is 0. The highest BCUT2D eigenvalue weighted by atomic mass is 16.3. The van der Waals surface area contributed by atoms with Crippen molar-refractivity contribution in [1.82, 2.24) is 9.88 Å². The summed E-state index contributed by atoms with van der Waals surface area (Å²) in [7, 11) is 0. The molecular formula is C9H14N2O2. The van der Waals surface area contributed by atoms with Crippen LogP contribution in [0.15, 0.2) is 10.8 Å². The Hall–Kier alpha value is -0.870. The topological polar surface area (TPSA) is 49.5 Å². The quantitative estimate of drug-likeness (QED) is 0.725. The van der Waals surface area contributed by atoms with Gasteiger partial charge in [-0.15, -0.1) is 0 Å². The molecule has 1 aliphatic heterocycles. The van der Waals surface area contributed by atoms with Gasteiger partial charge in [0.05, 0.1) is 11.8 Å². The number of nitrogens with zero attached hydrogens (tertiary/aromatic N) is 2. The highest BCUT2D eigenvalue weighted by Crippen LogP contribution is 2.14. The highest BCUT2D eigenvalue weighted by Gasteiger charge is 2.21. The molecular weight excluding hydrogens is 168 g/mol. The van der Waals surface area contributed by atoms with Gasteiger partial charge in [-0.1, -0.05) is 0 Å². The molecule has 4 heteroatoms. The van der Waals surface area contributed by atoms with Gasteiger partial charge in [0, 0.05) is 19.6 Å². The lowest BCUT2D eigenvalue weighted by Gasteiger charge is -2.12. The third-order valence-electron chi connectivity index (χ3n) is 2.47.